The van der Waals surface area contributed by atoms with Crippen LogP contribution in [0.5, 0.6) is 11.5 Å². The fourth-order valence-corrected chi connectivity index (χ4v) is 2.82. The van der Waals surface area contributed by atoms with E-state index in [-0.39, 0.29) is 31.1 Å². The Bertz CT molecular complexity index is 951. The van der Waals surface area contributed by atoms with E-state index in [2.05, 4.69) is 4.74 Å². The minimum absolute atomic E-state index is 0.116. The summed E-state index contributed by atoms with van der Waals surface area (Å²) in [6.45, 7) is -0.101. The number of nitrogens with two attached hydrogens (primary N) is 2. The van der Waals surface area contributed by atoms with Crippen molar-refractivity contribution < 1.29 is 41.0 Å². The summed E-state index contributed by atoms with van der Waals surface area (Å²) in [6.07, 6.45) is -3.99. The Kier molecular flexibility index (Phi) is 8.21. The number of benzene rings is 2. The Morgan fingerprint density at radius 3 is 2.12 bits per heavy atom. The summed E-state index contributed by atoms with van der Waals surface area (Å²) in [5.74, 6) is -4.46. The van der Waals surface area contributed by atoms with E-state index >= 15 is 0 Å². The van der Waals surface area contributed by atoms with Crippen LogP contribution in [0.4, 0.5) is 27.6 Å². The Morgan fingerprint density at radius 1 is 0.938 bits per heavy atom. The summed E-state index contributed by atoms with van der Waals surface area (Å²) in [7, 11) is 0. The second-order valence-electron chi connectivity index (χ2n) is 6.58. The van der Waals surface area contributed by atoms with Gasteiger partial charge in [-0.15, -0.1) is 13.2 Å². The molecule has 2 aromatic rings. The van der Waals surface area contributed by atoms with Crippen molar-refractivity contribution in [2.24, 2.45) is 11.5 Å². The highest BCUT2D eigenvalue weighted by Crippen LogP contribution is 2.26. The highest BCUT2D eigenvalue weighted by Gasteiger charge is 2.31. The van der Waals surface area contributed by atoms with Crippen LogP contribution in [-0.4, -0.2) is 37.9 Å². The molecule has 0 spiro atoms. The standard InChI is InChI=1S/C20H20F5N3O4/c21-14-7-8-15(18(22)17(14)19(27)30)28(11-16(26)29)9-1-2-10-31-12-3-5-13(6-4-12)32-20(23,24)25/h3-8H,1-2,9-11H2,(H2,26,29)(H2,27,30). The molecule has 0 unspecified atom stereocenters. The molecule has 0 aliphatic carbocycles. The number of carbonyl (C=O) groups excluding carboxylic acids is 2. The first-order valence-corrected chi connectivity index (χ1v) is 9.27. The van der Waals surface area contributed by atoms with Crippen LogP contribution in [0.25, 0.3) is 0 Å². The van der Waals surface area contributed by atoms with Crippen LogP contribution in [0, 0.1) is 11.6 Å². The van der Waals surface area contributed by atoms with Crippen LogP contribution in [-0.2, 0) is 4.79 Å². The second kappa shape index (κ2) is 10.6. The summed E-state index contributed by atoms with van der Waals surface area (Å²) in [5, 5.41) is 0. The molecular formula is C20H20F5N3O4. The van der Waals surface area contributed by atoms with Crippen LogP contribution in [0.15, 0.2) is 36.4 Å². The molecule has 0 fully saturated rings. The zero-order chi connectivity index (χ0) is 23.9. The number of ether oxygens (including phenoxy) is 2. The molecule has 0 aliphatic rings. The predicted molar refractivity (Wildman–Crippen MR) is 104 cm³/mol. The molecule has 0 radical (unpaired) electrons. The van der Waals surface area contributed by atoms with Crippen LogP contribution >= 0.6 is 0 Å². The average Bonchev–Trinajstić information content (AvgIpc) is 2.66. The van der Waals surface area contributed by atoms with E-state index in [9.17, 15) is 31.5 Å². The molecule has 2 rings (SSSR count). The van der Waals surface area contributed by atoms with Gasteiger partial charge in [0.05, 0.1) is 18.8 Å². The van der Waals surface area contributed by atoms with Crippen molar-refractivity contribution in [3.63, 3.8) is 0 Å². The van der Waals surface area contributed by atoms with Crippen molar-refractivity contribution in [2.45, 2.75) is 19.2 Å². The summed E-state index contributed by atoms with van der Waals surface area (Å²) in [4.78, 5) is 23.9. The molecule has 0 bridgehead atoms. The maximum absolute atomic E-state index is 14.6. The molecule has 0 saturated carbocycles. The van der Waals surface area contributed by atoms with Gasteiger partial charge < -0.3 is 25.8 Å². The normalized spacial score (nSPS) is 11.2. The molecule has 7 nitrogen and oxygen atoms in total. The van der Waals surface area contributed by atoms with Crippen molar-refractivity contribution in [1.29, 1.82) is 0 Å². The quantitative estimate of drug-likeness (QED) is 0.395. The predicted octanol–water partition coefficient (Wildman–Crippen LogP) is 3.11. The Hall–Kier alpha value is -3.57. The van der Waals surface area contributed by atoms with Gasteiger partial charge in [0.25, 0.3) is 5.91 Å². The number of halogens is 5. The molecular weight excluding hydrogens is 441 g/mol. The minimum Gasteiger partial charge on any atom is -0.494 e. The summed E-state index contributed by atoms with van der Waals surface area (Å²) in [6, 6.07) is 6.75. The first-order chi connectivity index (χ1) is 15.0. The van der Waals surface area contributed by atoms with Crippen LogP contribution in [0.1, 0.15) is 23.2 Å². The molecule has 4 N–H and O–H groups in total. The van der Waals surface area contributed by atoms with E-state index in [4.69, 9.17) is 16.2 Å². The van der Waals surface area contributed by atoms with Gasteiger partial charge in [0, 0.05) is 6.54 Å². The minimum atomic E-state index is -4.79. The number of rotatable bonds is 11. The fourth-order valence-electron chi connectivity index (χ4n) is 2.82. The van der Waals surface area contributed by atoms with E-state index < -0.39 is 35.4 Å². The Morgan fingerprint density at radius 2 is 1.56 bits per heavy atom. The van der Waals surface area contributed by atoms with Gasteiger partial charge in [-0.05, 0) is 49.2 Å². The van der Waals surface area contributed by atoms with Crippen LogP contribution in [0.2, 0.25) is 0 Å². The molecule has 0 aromatic heterocycles. The monoisotopic (exact) mass is 461 g/mol. The Labute approximate surface area is 179 Å². The lowest BCUT2D eigenvalue weighted by molar-refractivity contribution is -0.274. The van der Waals surface area contributed by atoms with Gasteiger partial charge in [0.15, 0.2) is 5.82 Å². The van der Waals surface area contributed by atoms with E-state index in [1.54, 1.807) is 0 Å². The van der Waals surface area contributed by atoms with Gasteiger partial charge in [-0.3, -0.25) is 9.59 Å². The Balaban J connectivity index is 1.93. The van der Waals surface area contributed by atoms with Crippen molar-refractivity contribution >= 4 is 17.5 Å². The molecule has 32 heavy (non-hydrogen) atoms. The third kappa shape index (κ3) is 7.29. The number of carbonyl (C=O) groups is 2. The van der Waals surface area contributed by atoms with E-state index in [1.807, 2.05) is 0 Å². The molecule has 12 heteroatoms. The average molecular weight is 461 g/mol. The molecule has 0 saturated heterocycles. The second-order valence-corrected chi connectivity index (χ2v) is 6.58. The van der Waals surface area contributed by atoms with Crippen molar-refractivity contribution in [3.8, 4) is 11.5 Å². The number of nitrogens with zero attached hydrogens (tertiary/aromatic N) is 1. The van der Waals surface area contributed by atoms with Gasteiger partial charge >= 0.3 is 6.36 Å². The SMILES string of the molecule is NC(=O)CN(CCCCOc1ccc(OC(F)(F)F)cc1)c1ccc(F)c(C(N)=O)c1F. The highest BCUT2D eigenvalue weighted by molar-refractivity contribution is 5.94. The van der Waals surface area contributed by atoms with E-state index in [0.29, 0.717) is 18.6 Å². The molecule has 0 atom stereocenters. The number of hydrogen-bond acceptors (Lipinski definition) is 5. The molecule has 174 valence electrons. The first kappa shape index (κ1) is 24.7. The zero-order valence-electron chi connectivity index (χ0n) is 16.6. The lowest BCUT2D eigenvalue weighted by Gasteiger charge is -2.24. The topological polar surface area (TPSA) is 108 Å². The lowest BCUT2D eigenvalue weighted by atomic mass is 10.1. The largest absolute Gasteiger partial charge is 0.573 e. The smallest absolute Gasteiger partial charge is 0.494 e. The molecule has 0 aliphatic heterocycles. The number of anilines is 1. The lowest BCUT2D eigenvalue weighted by Crippen LogP contribution is -2.35. The third-order valence-electron chi connectivity index (χ3n) is 4.15. The van der Waals surface area contributed by atoms with E-state index in [0.717, 1.165) is 24.3 Å². The molecule has 0 heterocycles. The summed E-state index contributed by atoms with van der Waals surface area (Å²) >= 11 is 0. The third-order valence-corrected chi connectivity index (χ3v) is 4.15. The van der Waals surface area contributed by atoms with Gasteiger partial charge in [0.1, 0.15) is 22.9 Å². The van der Waals surface area contributed by atoms with Crippen molar-refractivity contribution in [1.82, 2.24) is 0 Å². The fraction of sp³-hybridized carbons (Fsp3) is 0.300. The van der Waals surface area contributed by atoms with Gasteiger partial charge in [-0.25, -0.2) is 8.78 Å². The van der Waals surface area contributed by atoms with Gasteiger partial charge in [0.2, 0.25) is 5.91 Å². The van der Waals surface area contributed by atoms with Crippen molar-refractivity contribution in [2.75, 3.05) is 24.6 Å². The first-order valence-electron chi connectivity index (χ1n) is 9.27. The summed E-state index contributed by atoms with van der Waals surface area (Å²) in [5.41, 5.74) is 9.08. The number of alkyl halides is 3. The number of amides is 2. The van der Waals surface area contributed by atoms with Crippen LogP contribution < -0.4 is 25.8 Å². The van der Waals surface area contributed by atoms with Gasteiger partial charge in [-0.1, -0.05) is 0 Å². The number of hydrogen-bond donors (Lipinski definition) is 2. The maximum Gasteiger partial charge on any atom is 0.573 e. The highest BCUT2D eigenvalue weighted by atomic mass is 19.4. The molecule has 2 amide bonds. The maximum atomic E-state index is 14.6. The zero-order valence-corrected chi connectivity index (χ0v) is 16.6. The summed E-state index contributed by atoms with van der Waals surface area (Å²) < 4.78 is 73.9. The van der Waals surface area contributed by atoms with E-state index in [1.165, 1.54) is 17.0 Å². The van der Waals surface area contributed by atoms with Crippen LogP contribution in [0.3, 0.4) is 0 Å². The number of primary amides is 2. The molecule has 2 aromatic carbocycles. The van der Waals surface area contributed by atoms with Gasteiger partial charge in [-0.2, -0.15) is 0 Å². The number of unbranched alkanes of at least 4 members (excludes halogenated alkanes) is 1. The van der Waals surface area contributed by atoms with Crippen molar-refractivity contribution in [3.05, 3.63) is 53.6 Å².